The molecule has 4 heteroatoms. The Balaban J connectivity index is 2.67. The average molecular weight is 266 g/mol. The van der Waals surface area contributed by atoms with Gasteiger partial charge in [-0.25, -0.2) is 0 Å². The van der Waals surface area contributed by atoms with Crippen molar-refractivity contribution in [2.45, 2.75) is 39.9 Å². The maximum Gasteiger partial charge on any atom is 0.123 e. The SMILES string of the molecule is CC(C)OCCN(C)c1cc(N)cc(OC(C)C)c1. The van der Waals surface area contributed by atoms with Crippen molar-refractivity contribution in [3.05, 3.63) is 18.2 Å². The molecule has 0 unspecified atom stereocenters. The maximum atomic E-state index is 5.91. The highest BCUT2D eigenvalue weighted by Crippen LogP contribution is 2.25. The second-order valence-electron chi connectivity index (χ2n) is 5.27. The molecule has 1 aromatic rings. The molecule has 0 aliphatic carbocycles. The van der Waals surface area contributed by atoms with Gasteiger partial charge in [-0.1, -0.05) is 0 Å². The van der Waals surface area contributed by atoms with Crippen LogP contribution in [0.4, 0.5) is 11.4 Å². The fourth-order valence-electron chi connectivity index (χ4n) is 1.72. The molecule has 0 atom stereocenters. The van der Waals surface area contributed by atoms with Gasteiger partial charge in [-0.3, -0.25) is 0 Å². The highest BCUT2D eigenvalue weighted by molar-refractivity contribution is 5.60. The third kappa shape index (κ3) is 5.83. The lowest BCUT2D eigenvalue weighted by atomic mass is 10.2. The molecular formula is C15H26N2O2. The monoisotopic (exact) mass is 266 g/mol. The van der Waals surface area contributed by atoms with Gasteiger partial charge in [-0.15, -0.1) is 0 Å². The standard InChI is InChI=1S/C15H26N2O2/c1-11(2)18-7-6-17(5)14-8-13(16)9-15(10-14)19-12(3)4/h8-12H,6-7,16H2,1-5H3. The molecule has 108 valence electrons. The number of hydrogen-bond acceptors (Lipinski definition) is 4. The number of ether oxygens (including phenoxy) is 2. The van der Waals surface area contributed by atoms with Gasteiger partial charge in [0.15, 0.2) is 0 Å². The molecule has 1 rings (SSSR count). The number of anilines is 2. The number of nitrogens with two attached hydrogens (primary N) is 1. The van der Waals surface area contributed by atoms with E-state index < -0.39 is 0 Å². The number of benzene rings is 1. The Labute approximate surface area is 116 Å². The molecule has 0 aliphatic heterocycles. The summed E-state index contributed by atoms with van der Waals surface area (Å²) >= 11 is 0. The molecule has 0 aromatic heterocycles. The Bertz CT molecular complexity index is 392. The summed E-state index contributed by atoms with van der Waals surface area (Å²) in [6.07, 6.45) is 0.401. The molecular weight excluding hydrogens is 240 g/mol. The van der Waals surface area contributed by atoms with Gasteiger partial charge < -0.3 is 20.1 Å². The lowest BCUT2D eigenvalue weighted by Crippen LogP contribution is -2.24. The first-order valence-electron chi connectivity index (χ1n) is 6.78. The van der Waals surface area contributed by atoms with Crippen molar-refractivity contribution in [3.8, 4) is 5.75 Å². The molecule has 0 aliphatic rings. The Hall–Kier alpha value is -1.42. The Morgan fingerprint density at radius 1 is 1.11 bits per heavy atom. The minimum atomic E-state index is 0.143. The molecule has 1 aromatic carbocycles. The largest absolute Gasteiger partial charge is 0.491 e. The predicted molar refractivity (Wildman–Crippen MR) is 81.0 cm³/mol. The highest BCUT2D eigenvalue weighted by atomic mass is 16.5. The topological polar surface area (TPSA) is 47.7 Å². The second-order valence-corrected chi connectivity index (χ2v) is 5.27. The van der Waals surface area contributed by atoms with Crippen LogP contribution in [-0.4, -0.2) is 32.4 Å². The molecule has 0 spiro atoms. The van der Waals surface area contributed by atoms with Crippen molar-refractivity contribution in [1.82, 2.24) is 0 Å². The van der Waals surface area contributed by atoms with Gasteiger partial charge in [0.05, 0.1) is 18.8 Å². The van der Waals surface area contributed by atoms with E-state index >= 15 is 0 Å². The van der Waals surface area contributed by atoms with Crippen LogP contribution in [0.25, 0.3) is 0 Å². The van der Waals surface area contributed by atoms with Crippen molar-refractivity contribution in [2.75, 3.05) is 30.8 Å². The van der Waals surface area contributed by atoms with E-state index in [2.05, 4.69) is 4.90 Å². The second kappa shape index (κ2) is 7.24. The van der Waals surface area contributed by atoms with E-state index in [1.165, 1.54) is 0 Å². The number of nitrogen functional groups attached to an aromatic ring is 1. The third-order valence-electron chi connectivity index (χ3n) is 2.60. The van der Waals surface area contributed by atoms with Gasteiger partial charge in [0.25, 0.3) is 0 Å². The van der Waals surface area contributed by atoms with Crippen LogP contribution in [0, 0.1) is 0 Å². The van der Waals surface area contributed by atoms with E-state index in [-0.39, 0.29) is 12.2 Å². The molecule has 19 heavy (non-hydrogen) atoms. The van der Waals surface area contributed by atoms with Crippen LogP contribution in [-0.2, 0) is 4.74 Å². The first-order chi connectivity index (χ1) is 8.88. The van der Waals surface area contributed by atoms with Gasteiger partial charge in [0.2, 0.25) is 0 Å². The fourth-order valence-corrected chi connectivity index (χ4v) is 1.72. The van der Waals surface area contributed by atoms with Crippen LogP contribution in [0.15, 0.2) is 18.2 Å². The number of hydrogen-bond donors (Lipinski definition) is 1. The molecule has 0 bridgehead atoms. The van der Waals surface area contributed by atoms with Crippen molar-refractivity contribution in [2.24, 2.45) is 0 Å². The third-order valence-corrected chi connectivity index (χ3v) is 2.60. The van der Waals surface area contributed by atoms with Crippen LogP contribution < -0.4 is 15.4 Å². The van der Waals surface area contributed by atoms with Gasteiger partial charge in [-0.2, -0.15) is 0 Å². The lowest BCUT2D eigenvalue weighted by Gasteiger charge is -2.22. The number of likely N-dealkylation sites (N-methyl/N-ethyl adjacent to an activating group) is 1. The van der Waals surface area contributed by atoms with E-state index in [0.717, 1.165) is 18.0 Å². The predicted octanol–water partition coefficient (Wildman–Crippen LogP) is 2.92. The quantitative estimate of drug-likeness (QED) is 0.771. The Kier molecular flexibility index (Phi) is 5.96. The molecule has 2 N–H and O–H groups in total. The molecule has 0 saturated carbocycles. The summed E-state index contributed by atoms with van der Waals surface area (Å²) in [5, 5.41) is 0. The van der Waals surface area contributed by atoms with Crippen molar-refractivity contribution in [1.29, 1.82) is 0 Å². The summed E-state index contributed by atoms with van der Waals surface area (Å²) in [4.78, 5) is 2.12. The van der Waals surface area contributed by atoms with Crippen molar-refractivity contribution < 1.29 is 9.47 Å². The van der Waals surface area contributed by atoms with Crippen LogP contribution in [0.1, 0.15) is 27.7 Å². The van der Waals surface area contributed by atoms with Gasteiger partial charge in [0.1, 0.15) is 5.75 Å². The molecule has 0 amide bonds. The van der Waals surface area contributed by atoms with Crippen LogP contribution >= 0.6 is 0 Å². The minimum absolute atomic E-state index is 0.143. The Morgan fingerprint density at radius 3 is 2.37 bits per heavy atom. The minimum Gasteiger partial charge on any atom is -0.491 e. The van der Waals surface area contributed by atoms with E-state index in [9.17, 15) is 0 Å². The summed E-state index contributed by atoms with van der Waals surface area (Å²) in [7, 11) is 2.03. The van der Waals surface area contributed by atoms with Gasteiger partial charge in [-0.05, 0) is 33.8 Å². The van der Waals surface area contributed by atoms with Gasteiger partial charge >= 0.3 is 0 Å². The van der Waals surface area contributed by atoms with Crippen molar-refractivity contribution in [3.63, 3.8) is 0 Å². The van der Waals surface area contributed by atoms with Crippen LogP contribution in [0.2, 0.25) is 0 Å². The zero-order valence-corrected chi connectivity index (χ0v) is 12.6. The van der Waals surface area contributed by atoms with E-state index in [0.29, 0.717) is 12.3 Å². The molecule has 0 radical (unpaired) electrons. The number of rotatable bonds is 7. The molecule has 0 fully saturated rings. The molecule has 4 nitrogen and oxygen atoms in total. The zero-order chi connectivity index (χ0) is 14.4. The first kappa shape index (κ1) is 15.6. The maximum absolute atomic E-state index is 5.91. The smallest absolute Gasteiger partial charge is 0.123 e. The summed E-state index contributed by atoms with van der Waals surface area (Å²) in [6, 6.07) is 5.80. The molecule has 0 heterocycles. The van der Waals surface area contributed by atoms with Crippen molar-refractivity contribution >= 4 is 11.4 Å². The highest BCUT2D eigenvalue weighted by Gasteiger charge is 2.06. The van der Waals surface area contributed by atoms with Crippen LogP contribution in [0.3, 0.4) is 0 Å². The normalized spacial score (nSPS) is 11.1. The summed E-state index contributed by atoms with van der Waals surface area (Å²) < 4.78 is 11.2. The Morgan fingerprint density at radius 2 is 1.79 bits per heavy atom. The van der Waals surface area contributed by atoms with Gasteiger partial charge in [0, 0.05) is 37.1 Å². The van der Waals surface area contributed by atoms with Crippen LogP contribution in [0.5, 0.6) is 5.75 Å². The molecule has 0 saturated heterocycles. The number of nitrogens with zero attached hydrogens (tertiary/aromatic N) is 1. The average Bonchev–Trinajstić information content (AvgIpc) is 2.26. The first-order valence-corrected chi connectivity index (χ1v) is 6.78. The fraction of sp³-hybridized carbons (Fsp3) is 0.600. The van der Waals surface area contributed by atoms with E-state index in [4.69, 9.17) is 15.2 Å². The lowest BCUT2D eigenvalue weighted by molar-refractivity contribution is 0.0846. The van der Waals surface area contributed by atoms with E-state index in [1.807, 2.05) is 52.9 Å². The van der Waals surface area contributed by atoms with E-state index in [1.54, 1.807) is 0 Å². The summed E-state index contributed by atoms with van der Waals surface area (Å²) in [6.45, 7) is 9.60. The summed E-state index contributed by atoms with van der Waals surface area (Å²) in [5.74, 6) is 0.807. The summed E-state index contributed by atoms with van der Waals surface area (Å²) in [5.41, 5.74) is 7.67. The zero-order valence-electron chi connectivity index (χ0n) is 12.6.